The van der Waals surface area contributed by atoms with E-state index in [4.69, 9.17) is 22.6 Å². The van der Waals surface area contributed by atoms with E-state index in [1.54, 1.807) is 0 Å². The summed E-state index contributed by atoms with van der Waals surface area (Å²) in [6.07, 6.45) is 10.3. The van der Waals surface area contributed by atoms with Crippen molar-refractivity contribution in [1.82, 2.24) is 0 Å². The minimum absolute atomic E-state index is 0.0648. The molecule has 0 amide bonds. The van der Waals surface area contributed by atoms with Crippen molar-refractivity contribution >= 4 is 5.71 Å². The second kappa shape index (κ2) is 7.55. The summed E-state index contributed by atoms with van der Waals surface area (Å²) in [5.74, 6) is 2.18. The molecular weight excluding hydrogens is 432 g/mol. The number of hydrogen-bond donors (Lipinski definition) is 5. The van der Waals surface area contributed by atoms with E-state index < -0.39 is 11.4 Å². The molecule has 6 aliphatic rings. The van der Waals surface area contributed by atoms with Crippen LogP contribution in [0.2, 0.25) is 0 Å². The van der Waals surface area contributed by atoms with E-state index in [-0.39, 0.29) is 21.7 Å². The maximum absolute atomic E-state index is 10.1. The first-order valence-corrected chi connectivity index (χ1v) is 14.3. The molecule has 6 aliphatic carbocycles. The maximum Gasteiger partial charge on any atom is 0.119 e. The number of hydrogen-bond acceptors (Lipinski definition) is 5. The molecule has 35 heavy (non-hydrogen) atoms. The highest BCUT2D eigenvalue weighted by molar-refractivity contribution is 5.91. The molecule has 6 bridgehead atoms. The molecule has 0 aromatic rings. The standard InChI is InChI=1S/C10H20N2.C10H19NO.C10H17N/c2*1-8(2)7-4-5-9(8,3)10(11,12)6-7;1-9(2)7-4-5-10(9,3)8(11)6-7/h7H,4-6,11-12H2,1-3H3;7,12H,4-6,11H2,1-3H3;7,11H,4-6H2,1-3H3. The average Bonchev–Trinajstić information content (AvgIpc) is 3.32. The van der Waals surface area contributed by atoms with Gasteiger partial charge in [0.25, 0.3) is 0 Å². The fraction of sp³-hybridized carbons (Fsp3) is 0.967. The molecule has 6 saturated carbocycles. The Labute approximate surface area is 215 Å². The van der Waals surface area contributed by atoms with Crippen molar-refractivity contribution in [3.63, 3.8) is 0 Å². The van der Waals surface area contributed by atoms with Gasteiger partial charge in [0.1, 0.15) is 5.72 Å². The molecule has 0 radical (unpaired) electrons. The lowest BCUT2D eigenvalue weighted by molar-refractivity contribution is -0.0844. The monoisotopic (exact) mass is 488 g/mol. The maximum atomic E-state index is 10.1. The molecule has 0 aromatic carbocycles. The fourth-order valence-corrected chi connectivity index (χ4v) is 9.71. The van der Waals surface area contributed by atoms with Gasteiger partial charge in [0.2, 0.25) is 0 Å². The summed E-state index contributed by atoms with van der Waals surface area (Å²) in [5.41, 5.74) is 19.2. The largest absolute Gasteiger partial charge is 0.375 e. The van der Waals surface area contributed by atoms with Gasteiger partial charge in [-0.05, 0) is 91.8 Å². The predicted molar refractivity (Wildman–Crippen MR) is 146 cm³/mol. The fourth-order valence-electron chi connectivity index (χ4n) is 9.71. The summed E-state index contributed by atoms with van der Waals surface area (Å²) in [5, 5.41) is 17.9. The highest BCUT2D eigenvalue weighted by Gasteiger charge is 2.67. The summed E-state index contributed by atoms with van der Waals surface area (Å²) in [6, 6.07) is 0. The zero-order valence-corrected chi connectivity index (χ0v) is 24.3. The number of fused-ring (bicyclic) bond motifs is 6. The van der Waals surface area contributed by atoms with Crippen LogP contribution in [0.4, 0.5) is 0 Å². The van der Waals surface area contributed by atoms with Crippen LogP contribution in [0, 0.1) is 55.7 Å². The molecule has 6 rings (SSSR count). The van der Waals surface area contributed by atoms with Gasteiger partial charge in [-0.1, -0.05) is 62.3 Å². The number of nitrogens with two attached hydrogens (primary N) is 3. The van der Waals surface area contributed by atoms with E-state index in [1.807, 2.05) is 0 Å². The van der Waals surface area contributed by atoms with Crippen LogP contribution in [-0.4, -0.2) is 22.2 Å². The van der Waals surface area contributed by atoms with Gasteiger partial charge in [0.05, 0.1) is 5.66 Å². The van der Waals surface area contributed by atoms with E-state index in [2.05, 4.69) is 62.3 Å². The van der Waals surface area contributed by atoms with Gasteiger partial charge in [0, 0.05) is 22.0 Å². The molecule has 5 nitrogen and oxygen atoms in total. The SMILES string of the molecule is CC1(C)C2CCC1(C)C(N)(N)C2.CC1(C)C2CCC1(C)C(N)(O)C2.CC12CCC(CC1=N)C2(C)C. The Morgan fingerprint density at radius 2 is 1.11 bits per heavy atom. The molecule has 6 fully saturated rings. The lowest BCUT2D eigenvalue weighted by atomic mass is 9.67. The minimum atomic E-state index is -0.917. The smallest absolute Gasteiger partial charge is 0.119 e. The molecular formula is C30H56N4O. The summed E-state index contributed by atoms with van der Waals surface area (Å²) >= 11 is 0. The summed E-state index contributed by atoms with van der Waals surface area (Å²) in [6.45, 7) is 20.5. The van der Waals surface area contributed by atoms with Crippen LogP contribution in [0.25, 0.3) is 0 Å². The van der Waals surface area contributed by atoms with Crippen LogP contribution in [-0.2, 0) is 0 Å². The first-order valence-electron chi connectivity index (χ1n) is 14.3. The highest BCUT2D eigenvalue weighted by atomic mass is 16.3. The van der Waals surface area contributed by atoms with E-state index >= 15 is 0 Å². The second-order valence-electron chi connectivity index (χ2n) is 15.9. The zero-order valence-electron chi connectivity index (χ0n) is 24.3. The topological polar surface area (TPSA) is 122 Å². The molecule has 7 unspecified atom stereocenters. The van der Waals surface area contributed by atoms with Gasteiger partial charge >= 0.3 is 0 Å². The van der Waals surface area contributed by atoms with E-state index in [9.17, 15) is 5.11 Å². The third-order valence-electron chi connectivity index (χ3n) is 14.5. The predicted octanol–water partition coefficient (Wildman–Crippen LogP) is 5.78. The van der Waals surface area contributed by atoms with E-state index in [1.165, 1.54) is 32.1 Å². The first kappa shape index (κ1) is 27.5. The van der Waals surface area contributed by atoms with Gasteiger partial charge in [0.15, 0.2) is 0 Å². The second-order valence-corrected chi connectivity index (χ2v) is 15.9. The van der Waals surface area contributed by atoms with Crippen molar-refractivity contribution in [2.24, 2.45) is 67.4 Å². The molecule has 0 aliphatic heterocycles. The van der Waals surface area contributed by atoms with Crippen LogP contribution < -0.4 is 17.2 Å². The molecule has 202 valence electrons. The lowest BCUT2D eigenvalue weighted by Crippen LogP contribution is -2.61. The van der Waals surface area contributed by atoms with Crippen molar-refractivity contribution < 1.29 is 5.11 Å². The van der Waals surface area contributed by atoms with Crippen LogP contribution in [0.3, 0.4) is 0 Å². The molecule has 7 atom stereocenters. The third kappa shape index (κ3) is 3.29. The Bertz CT molecular complexity index is 841. The zero-order chi connectivity index (χ0) is 26.7. The van der Waals surface area contributed by atoms with Crippen LogP contribution in [0.5, 0.6) is 0 Å². The van der Waals surface area contributed by atoms with Crippen molar-refractivity contribution in [2.45, 2.75) is 131 Å². The van der Waals surface area contributed by atoms with Gasteiger partial charge < -0.3 is 27.7 Å². The number of rotatable bonds is 0. The minimum Gasteiger partial charge on any atom is -0.375 e. The van der Waals surface area contributed by atoms with E-state index in [0.717, 1.165) is 43.2 Å². The van der Waals surface area contributed by atoms with Gasteiger partial charge in [-0.15, -0.1) is 0 Å². The van der Waals surface area contributed by atoms with Crippen molar-refractivity contribution in [3.8, 4) is 0 Å². The van der Waals surface area contributed by atoms with E-state index in [0.29, 0.717) is 16.7 Å². The van der Waals surface area contributed by atoms with Crippen LogP contribution >= 0.6 is 0 Å². The normalized spacial score (nSPS) is 50.5. The summed E-state index contributed by atoms with van der Waals surface area (Å²) in [7, 11) is 0. The number of aliphatic hydroxyl groups is 1. The summed E-state index contributed by atoms with van der Waals surface area (Å²) in [4.78, 5) is 0. The Kier molecular flexibility index (Phi) is 5.94. The highest BCUT2D eigenvalue weighted by Crippen LogP contribution is 2.68. The number of nitrogens with one attached hydrogen (secondary N) is 1. The van der Waals surface area contributed by atoms with Crippen molar-refractivity contribution in [2.75, 3.05) is 0 Å². The van der Waals surface area contributed by atoms with Crippen molar-refractivity contribution in [1.29, 1.82) is 5.41 Å². The molecule has 5 heteroatoms. The Balaban J connectivity index is 0.000000124. The van der Waals surface area contributed by atoms with Gasteiger partial charge in [-0.25, -0.2) is 0 Å². The summed E-state index contributed by atoms with van der Waals surface area (Å²) < 4.78 is 0. The quantitative estimate of drug-likeness (QED) is 0.277. The Morgan fingerprint density at radius 1 is 0.657 bits per heavy atom. The van der Waals surface area contributed by atoms with Gasteiger partial charge in [-0.3, -0.25) is 0 Å². The Hall–Kier alpha value is -0.490. The molecule has 0 heterocycles. The van der Waals surface area contributed by atoms with Crippen LogP contribution in [0.15, 0.2) is 0 Å². The molecule has 8 N–H and O–H groups in total. The van der Waals surface area contributed by atoms with Crippen LogP contribution in [0.1, 0.15) is 120 Å². The third-order valence-corrected chi connectivity index (χ3v) is 14.5. The molecule has 0 saturated heterocycles. The van der Waals surface area contributed by atoms with Crippen molar-refractivity contribution in [3.05, 3.63) is 0 Å². The Morgan fingerprint density at radius 3 is 1.26 bits per heavy atom. The molecule has 0 spiro atoms. The molecule has 0 aromatic heterocycles. The first-order chi connectivity index (χ1) is 15.6. The average molecular weight is 489 g/mol. The van der Waals surface area contributed by atoms with Gasteiger partial charge in [-0.2, -0.15) is 0 Å². The lowest BCUT2D eigenvalue weighted by Gasteiger charge is -2.43.